The van der Waals surface area contributed by atoms with Crippen LogP contribution >= 0.6 is 0 Å². The van der Waals surface area contributed by atoms with Gasteiger partial charge in [0.2, 0.25) is 0 Å². The minimum Gasteiger partial charge on any atom is -0.377 e. The Kier molecular flexibility index (Phi) is 2.75. The number of nitrogens with one attached hydrogen (secondary N) is 1. The van der Waals surface area contributed by atoms with E-state index in [2.05, 4.69) is 29.5 Å². The molecule has 0 unspecified atom stereocenters. The van der Waals surface area contributed by atoms with E-state index in [1.165, 1.54) is 5.69 Å². The lowest BCUT2D eigenvalue weighted by molar-refractivity contribution is 0.00432. The highest BCUT2D eigenvalue weighted by molar-refractivity contribution is 5.13. The van der Waals surface area contributed by atoms with Crippen molar-refractivity contribution in [3.8, 4) is 0 Å². The molecule has 2 rings (SSSR count). The van der Waals surface area contributed by atoms with E-state index < -0.39 is 0 Å². The summed E-state index contributed by atoms with van der Waals surface area (Å²) >= 11 is 0. The highest BCUT2D eigenvalue weighted by atomic mass is 16.5. The average molecular weight is 210 g/mol. The van der Waals surface area contributed by atoms with Gasteiger partial charge in [0.25, 0.3) is 0 Å². The largest absolute Gasteiger partial charge is 0.377 e. The summed E-state index contributed by atoms with van der Waals surface area (Å²) in [4.78, 5) is 0. The normalized spacial score (nSPS) is 16.5. The standard InChI is InChI=1S/C10H18N4O/c1-10(2,15-3)7-14-9-4-5-11-6-8(9)12-13-14/h11H,4-7H2,1-3H3. The molecule has 1 aromatic heterocycles. The first kappa shape index (κ1) is 10.6. The van der Waals surface area contributed by atoms with Crippen molar-refractivity contribution < 1.29 is 4.74 Å². The molecule has 15 heavy (non-hydrogen) atoms. The van der Waals surface area contributed by atoms with Crippen molar-refractivity contribution in [3.63, 3.8) is 0 Å². The van der Waals surface area contributed by atoms with Gasteiger partial charge >= 0.3 is 0 Å². The highest BCUT2D eigenvalue weighted by Gasteiger charge is 2.22. The summed E-state index contributed by atoms with van der Waals surface area (Å²) in [5, 5.41) is 11.6. The first-order valence-electron chi connectivity index (χ1n) is 5.29. The van der Waals surface area contributed by atoms with Gasteiger partial charge in [-0.2, -0.15) is 0 Å². The molecule has 1 aliphatic rings. The topological polar surface area (TPSA) is 52.0 Å². The first-order valence-corrected chi connectivity index (χ1v) is 5.29. The van der Waals surface area contributed by atoms with Crippen LogP contribution in [0.15, 0.2) is 0 Å². The second kappa shape index (κ2) is 3.90. The fraction of sp³-hybridized carbons (Fsp3) is 0.800. The van der Waals surface area contributed by atoms with Crippen LogP contribution in [0, 0.1) is 0 Å². The molecule has 0 atom stereocenters. The molecule has 0 saturated carbocycles. The molecule has 0 aliphatic carbocycles. The van der Waals surface area contributed by atoms with Crippen molar-refractivity contribution in [2.75, 3.05) is 13.7 Å². The van der Waals surface area contributed by atoms with Crippen LogP contribution in [0.25, 0.3) is 0 Å². The highest BCUT2D eigenvalue weighted by Crippen LogP contribution is 2.15. The number of methoxy groups -OCH3 is 1. The molecule has 2 heterocycles. The molecular formula is C10H18N4O. The fourth-order valence-corrected chi connectivity index (χ4v) is 1.75. The van der Waals surface area contributed by atoms with Crippen LogP contribution in [0.1, 0.15) is 25.2 Å². The van der Waals surface area contributed by atoms with Gasteiger partial charge in [0.05, 0.1) is 23.5 Å². The number of ether oxygens (including phenoxy) is 1. The van der Waals surface area contributed by atoms with Crippen LogP contribution < -0.4 is 5.32 Å². The molecule has 0 amide bonds. The maximum absolute atomic E-state index is 5.40. The van der Waals surface area contributed by atoms with Gasteiger partial charge in [-0.1, -0.05) is 5.21 Å². The molecule has 0 aromatic carbocycles. The Balaban J connectivity index is 2.19. The summed E-state index contributed by atoms with van der Waals surface area (Å²) in [5.41, 5.74) is 2.14. The van der Waals surface area contributed by atoms with Gasteiger partial charge in [-0.15, -0.1) is 5.10 Å². The van der Waals surface area contributed by atoms with E-state index in [-0.39, 0.29) is 5.60 Å². The quantitative estimate of drug-likeness (QED) is 0.782. The van der Waals surface area contributed by atoms with Gasteiger partial charge in [-0.05, 0) is 13.8 Å². The lowest BCUT2D eigenvalue weighted by atomic mass is 10.1. The van der Waals surface area contributed by atoms with Crippen LogP contribution in [0.2, 0.25) is 0 Å². The molecule has 5 nitrogen and oxygen atoms in total. The Hall–Kier alpha value is -0.940. The predicted octanol–water partition coefficient (Wildman–Crippen LogP) is 0.349. The Morgan fingerprint density at radius 3 is 3.07 bits per heavy atom. The van der Waals surface area contributed by atoms with E-state index in [1.807, 2.05) is 4.68 Å². The van der Waals surface area contributed by atoms with Gasteiger partial charge in [0, 0.05) is 26.6 Å². The summed E-state index contributed by atoms with van der Waals surface area (Å²) in [6.07, 6.45) is 1.00. The van der Waals surface area contributed by atoms with Crippen molar-refractivity contribution in [3.05, 3.63) is 11.4 Å². The van der Waals surface area contributed by atoms with Crippen LogP contribution in [-0.4, -0.2) is 34.2 Å². The Bertz CT molecular complexity index is 345. The van der Waals surface area contributed by atoms with Crippen molar-refractivity contribution in [1.29, 1.82) is 0 Å². The van der Waals surface area contributed by atoms with Crippen molar-refractivity contribution in [2.45, 2.75) is 39.0 Å². The van der Waals surface area contributed by atoms with E-state index >= 15 is 0 Å². The number of hydrogen-bond acceptors (Lipinski definition) is 4. The average Bonchev–Trinajstić information content (AvgIpc) is 2.62. The monoisotopic (exact) mass is 210 g/mol. The Morgan fingerprint density at radius 1 is 1.53 bits per heavy atom. The van der Waals surface area contributed by atoms with Gasteiger partial charge in [-0.25, -0.2) is 4.68 Å². The van der Waals surface area contributed by atoms with E-state index in [0.29, 0.717) is 0 Å². The molecule has 1 aliphatic heterocycles. The minimum absolute atomic E-state index is 0.188. The molecule has 0 spiro atoms. The van der Waals surface area contributed by atoms with Gasteiger partial charge < -0.3 is 10.1 Å². The SMILES string of the molecule is COC(C)(C)Cn1nnc2c1CCNC2. The summed E-state index contributed by atoms with van der Waals surface area (Å²) in [5.74, 6) is 0. The minimum atomic E-state index is -0.188. The molecule has 0 bridgehead atoms. The van der Waals surface area contributed by atoms with Crippen molar-refractivity contribution in [2.24, 2.45) is 0 Å². The van der Waals surface area contributed by atoms with E-state index in [4.69, 9.17) is 4.74 Å². The zero-order valence-corrected chi connectivity index (χ0v) is 9.58. The Labute approximate surface area is 89.8 Å². The number of hydrogen-bond donors (Lipinski definition) is 1. The zero-order chi connectivity index (χ0) is 10.9. The molecule has 1 aromatic rings. The lowest BCUT2D eigenvalue weighted by Crippen LogP contribution is -2.32. The fourth-order valence-electron chi connectivity index (χ4n) is 1.75. The van der Waals surface area contributed by atoms with E-state index in [0.717, 1.165) is 31.7 Å². The second-order valence-corrected chi connectivity index (χ2v) is 4.53. The van der Waals surface area contributed by atoms with Gasteiger partial charge in [-0.3, -0.25) is 0 Å². The zero-order valence-electron chi connectivity index (χ0n) is 9.58. The predicted molar refractivity (Wildman–Crippen MR) is 56.5 cm³/mol. The van der Waals surface area contributed by atoms with Crippen molar-refractivity contribution in [1.82, 2.24) is 20.3 Å². The molecule has 0 saturated heterocycles. The van der Waals surface area contributed by atoms with Gasteiger partial charge in [0.15, 0.2) is 0 Å². The third-order valence-electron chi connectivity index (χ3n) is 2.83. The van der Waals surface area contributed by atoms with E-state index in [1.54, 1.807) is 7.11 Å². The molecule has 0 radical (unpaired) electrons. The smallest absolute Gasteiger partial charge is 0.0997 e. The maximum atomic E-state index is 5.40. The molecular weight excluding hydrogens is 192 g/mol. The van der Waals surface area contributed by atoms with Crippen LogP contribution in [0.5, 0.6) is 0 Å². The second-order valence-electron chi connectivity index (χ2n) is 4.53. The number of aromatic nitrogens is 3. The molecule has 1 N–H and O–H groups in total. The Morgan fingerprint density at radius 2 is 2.33 bits per heavy atom. The molecule has 84 valence electrons. The summed E-state index contributed by atoms with van der Waals surface area (Å²) < 4.78 is 7.37. The number of nitrogens with zero attached hydrogens (tertiary/aromatic N) is 3. The first-order chi connectivity index (χ1) is 7.12. The molecule has 0 fully saturated rings. The molecule has 5 heteroatoms. The summed E-state index contributed by atoms with van der Waals surface area (Å²) in [7, 11) is 1.73. The van der Waals surface area contributed by atoms with Crippen LogP contribution in [0.4, 0.5) is 0 Å². The van der Waals surface area contributed by atoms with Crippen molar-refractivity contribution >= 4 is 0 Å². The lowest BCUT2D eigenvalue weighted by Gasteiger charge is -2.24. The third-order valence-corrected chi connectivity index (χ3v) is 2.83. The van der Waals surface area contributed by atoms with Gasteiger partial charge in [0.1, 0.15) is 0 Å². The van der Waals surface area contributed by atoms with E-state index in [9.17, 15) is 0 Å². The summed E-state index contributed by atoms with van der Waals surface area (Å²) in [6.45, 7) is 6.71. The number of rotatable bonds is 3. The maximum Gasteiger partial charge on any atom is 0.0997 e. The van der Waals surface area contributed by atoms with Crippen LogP contribution in [-0.2, 0) is 24.2 Å². The number of fused-ring (bicyclic) bond motifs is 1. The van der Waals surface area contributed by atoms with Crippen LogP contribution in [0.3, 0.4) is 0 Å². The third kappa shape index (κ3) is 2.18. The summed E-state index contributed by atoms with van der Waals surface area (Å²) in [6, 6.07) is 0.